The Bertz CT molecular complexity index is 862. The number of carbonyl (C=O) groups excluding carboxylic acids is 1. The van der Waals surface area contributed by atoms with Gasteiger partial charge in [-0.25, -0.2) is 9.78 Å². The molecule has 0 bridgehead atoms. The zero-order chi connectivity index (χ0) is 16.2. The monoisotopic (exact) mass is 309 g/mol. The molecule has 0 saturated heterocycles. The molecule has 2 aliphatic rings. The van der Waals surface area contributed by atoms with Crippen molar-refractivity contribution in [1.82, 2.24) is 4.98 Å². The number of anilines is 2. The Kier molecular flexibility index (Phi) is 2.72. The molecule has 0 fully saturated rings. The summed E-state index contributed by atoms with van der Waals surface area (Å²) in [5.74, 6) is -0.425. The van der Waals surface area contributed by atoms with E-state index in [9.17, 15) is 9.59 Å². The van der Waals surface area contributed by atoms with Gasteiger partial charge < -0.3 is 15.7 Å². The van der Waals surface area contributed by atoms with Crippen LogP contribution in [0.2, 0.25) is 0 Å². The van der Waals surface area contributed by atoms with E-state index in [1.807, 2.05) is 19.2 Å². The molecule has 0 unspecified atom stereocenters. The average molecular weight is 309 g/mol. The fourth-order valence-electron chi connectivity index (χ4n) is 3.58. The number of nitrogens with one attached hydrogen (secondary N) is 2. The Hall–Kier alpha value is -2.89. The maximum Gasteiger partial charge on any atom is 0.335 e. The predicted octanol–water partition coefficient (Wildman–Crippen LogP) is 1.81. The summed E-state index contributed by atoms with van der Waals surface area (Å²) in [6.45, 7) is 0. The van der Waals surface area contributed by atoms with Gasteiger partial charge in [0.25, 0.3) is 0 Å². The molecular weight excluding hydrogens is 294 g/mol. The second kappa shape index (κ2) is 4.55. The lowest BCUT2D eigenvalue weighted by Gasteiger charge is -2.20. The first kappa shape index (κ1) is 13.8. The van der Waals surface area contributed by atoms with Crippen molar-refractivity contribution in [3.63, 3.8) is 0 Å². The maximum absolute atomic E-state index is 12.7. The van der Waals surface area contributed by atoms with Gasteiger partial charge >= 0.3 is 5.97 Å². The Labute approximate surface area is 132 Å². The lowest BCUT2D eigenvalue weighted by atomic mass is 9.79. The van der Waals surface area contributed by atoms with Gasteiger partial charge in [-0.3, -0.25) is 4.79 Å². The number of hydrogen-bond donors (Lipinski definition) is 3. The minimum atomic E-state index is -0.954. The molecule has 23 heavy (non-hydrogen) atoms. The van der Waals surface area contributed by atoms with Crippen molar-refractivity contribution in [2.45, 2.75) is 18.3 Å². The molecule has 1 atom stereocenters. The fourth-order valence-corrected chi connectivity index (χ4v) is 3.58. The van der Waals surface area contributed by atoms with Crippen LogP contribution in [0.1, 0.15) is 27.0 Å². The lowest BCUT2D eigenvalue weighted by Crippen LogP contribution is -2.35. The van der Waals surface area contributed by atoms with Crippen LogP contribution in [0, 0.1) is 0 Å². The minimum Gasteiger partial charge on any atom is -0.478 e. The highest BCUT2D eigenvalue weighted by molar-refractivity contribution is 6.06. The molecule has 1 spiro atoms. The van der Waals surface area contributed by atoms with Crippen LogP contribution in [0.25, 0.3) is 0 Å². The standard InChI is InChI=1S/C17H15N3O3/c1-18-12-5-13-14(19-8-12)20-16(23)17(13)6-10-3-2-9(15(21)22)4-11(10)7-17/h2-5,8,18H,6-7H2,1H3,(H,21,22)(H,19,20,23)/t17-/m1/s1. The summed E-state index contributed by atoms with van der Waals surface area (Å²) in [7, 11) is 1.81. The number of pyridine rings is 1. The SMILES string of the molecule is CNc1cnc2c(c1)[C@]1(Cc3ccc(C(=O)O)cc3C1)C(=O)N2. The second-order valence-corrected chi connectivity index (χ2v) is 6.05. The number of hydrogen-bond acceptors (Lipinski definition) is 4. The van der Waals surface area contributed by atoms with Crippen LogP contribution in [0.4, 0.5) is 11.5 Å². The second-order valence-electron chi connectivity index (χ2n) is 6.05. The van der Waals surface area contributed by atoms with Crippen molar-refractivity contribution < 1.29 is 14.7 Å². The summed E-state index contributed by atoms with van der Waals surface area (Å²) >= 11 is 0. The van der Waals surface area contributed by atoms with Gasteiger partial charge in [0.2, 0.25) is 5.91 Å². The molecule has 116 valence electrons. The fraction of sp³-hybridized carbons (Fsp3) is 0.235. The molecule has 1 aromatic heterocycles. The molecule has 2 aromatic rings. The summed E-state index contributed by atoms with van der Waals surface area (Å²) in [5, 5.41) is 15.1. The van der Waals surface area contributed by atoms with Crippen molar-refractivity contribution >= 4 is 23.4 Å². The third kappa shape index (κ3) is 1.84. The molecule has 0 radical (unpaired) electrons. The number of fused-ring (bicyclic) bond motifs is 3. The van der Waals surface area contributed by atoms with Crippen LogP contribution in [-0.2, 0) is 23.1 Å². The molecule has 0 saturated carbocycles. The van der Waals surface area contributed by atoms with Crippen LogP contribution in [-0.4, -0.2) is 29.0 Å². The van der Waals surface area contributed by atoms with E-state index in [2.05, 4.69) is 15.6 Å². The van der Waals surface area contributed by atoms with Crippen LogP contribution in [0.3, 0.4) is 0 Å². The predicted molar refractivity (Wildman–Crippen MR) is 84.9 cm³/mol. The number of aromatic nitrogens is 1. The molecule has 1 aliphatic carbocycles. The van der Waals surface area contributed by atoms with Crippen LogP contribution >= 0.6 is 0 Å². The van der Waals surface area contributed by atoms with Gasteiger partial charge in [-0.15, -0.1) is 0 Å². The number of rotatable bonds is 2. The highest BCUT2D eigenvalue weighted by atomic mass is 16.4. The summed E-state index contributed by atoms with van der Waals surface area (Å²) in [5.41, 5.74) is 3.23. The van der Waals surface area contributed by atoms with E-state index in [1.54, 1.807) is 18.3 Å². The lowest BCUT2D eigenvalue weighted by molar-refractivity contribution is -0.120. The molecule has 1 aliphatic heterocycles. The number of nitrogens with zero attached hydrogens (tertiary/aromatic N) is 1. The zero-order valence-electron chi connectivity index (χ0n) is 12.5. The van der Waals surface area contributed by atoms with Gasteiger partial charge in [0.15, 0.2) is 0 Å². The number of carbonyl (C=O) groups is 2. The Morgan fingerprint density at radius 3 is 2.83 bits per heavy atom. The van der Waals surface area contributed by atoms with Gasteiger partial charge in [-0.1, -0.05) is 6.07 Å². The van der Waals surface area contributed by atoms with Crippen molar-refractivity contribution in [2.75, 3.05) is 17.7 Å². The summed E-state index contributed by atoms with van der Waals surface area (Å²) in [6.07, 6.45) is 2.75. The van der Waals surface area contributed by atoms with Crippen molar-refractivity contribution in [3.05, 3.63) is 52.7 Å². The molecular formula is C17H15N3O3. The van der Waals surface area contributed by atoms with Gasteiger partial charge in [0.05, 0.1) is 22.9 Å². The quantitative estimate of drug-likeness (QED) is 0.787. The van der Waals surface area contributed by atoms with E-state index in [-0.39, 0.29) is 11.5 Å². The number of amides is 1. The first-order chi connectivity index (χ1) is 11.0. The van der Waals surface area contributed by atoms with E-state index in [0.717, 1.165) is 22.4 Å². The molecule has 3 N–H and O–H groups in total. The molecule has 6 heteroatoms. The summed E-state index contributed by atoms with van der Waals surface area (Å²) in [6, 6.07) is 7.03. The van der Waals surface area contributed by atoms with Crippen LogP contribution < -0.4 is 10.6 Å². The third-order valence-electron chi connectivity index (χ3n) is 4.80. The average Bonchev–Trinajstić information content (AvgIpc) is 3.05. The number of benzene rings is 1. The largest absolute Gasteiger partial charge is 0.478 e. The van der Waals surface area contributed by atoms with E-state index < -0.39 is 11.4 Å². The Balaban J connectivity index is 1.82. The van der Waals surface area contributed by atoms with Gasteiger partial charge in [-0.2, -0.15) is 0 Å². The van der Waals surface area contributed by atoms with E-state index in [1.165, 1.54) is 0 Å². The molecule has 6 nitrogen and oxygen atoms in total. The Morgan fingerprint density at radius 1 is 1.30 bits per heavy atom. The van der Waals surface area contributed by atoms with Gasteiger partial charge in [0, 0.05) is 12.6 Å². The van der Waals surface area contributed by atoms with Gasteiger partial charge in [-0.05, 0) is 42.2 Å². The number of aromatic carboxylic acids is 1. The highest BCUT2D eigenvalue weighted by Crippen LogP contribution is 2.47. The molecule has 2 heterocycles. The maximum atomic E-state index is 12.7. The number of carboxylic acids is 1. The molecule has 1 aromatic carbocycles. The summed E-state index contributed by atoms with van der Waals surface area (Å²) < 4.78 is 0. The van der Waals surface area contributed by atoms with Crippen molar-refractivity contribution in [1.29, 1.82) is 0 Å². The minimum absolute atomic E-state index is 0.0682. The first-order valence-corrected chi connectivity index (χ1v) is 7.38. The van der Waals surface area contributed by atoms with E-state index in [0.29, 0.717) is 18.7 Å². The smallest absolute Gasteiger partial charge is 0.335 e. The summed E-state index contributed by atoms with van der Waals surface area (Å²) in [4.78, 5) is 28.1. The van der Waals surface area contributed by atoms with Crippen molar-refractivity contribution in [2.24, 2.45) is 0 Å². The first-order valence-electron chi connectivity index (χ1n) is 7.38. The zero-order valence-corrected chi connectivity index (χ0v) is 12.5. The number of carboxylic acid groups (broad SMARTS) is 1. The van der Waals surface area contributed by atoms with Crippen molar-refractivity contribution in [3.8, 4) is 0 Å². The van der Waals surface area contributed by atoms with Crippen LogP contribution in [0.5, 0.6) is 0 Å². The van der Waals surface area contributed by atoms with E-state index >= 15 is 0 Å². The van der Waals surface area contributed by atoms with Gasteiger partial charge in [0.1, 0.15) is 5.82 Å². The topological polar surface area (TPSA) is 91.3 Å². The molecule has 4 rings (SSSR count). The Morgan fingerprint density at radius 2 is 2.09 bits per heavy atom. The van der Waals surface area contributed by atoms with Crippen LogP contribution in [0.15, 0.2) is 30.5 Å². The van der Waals surface area contributed by atoms with E-state index in [4.69, 9.17) is 5.11 Å². The highest BCUT2D eigenvalue weighted by Gasteiger charge is 2.51. The third-order valence-corrected chi connectivity index (χ3v) is 4.80. The molecule has 1 amide bonds. The normalized spacial score (nSPS) is 21.0.